The highest BCUT2D eigenvalue weighted by Crippen LogP contribution is 2.18. The standard InChI is InChI=1S/C20H18N6O3/c1-24-18-17(19(28)25(2)20(24)29)26(12-22-18)11-16(27)23-14-8-9-15(21-10-14)13-6-4-3-5-7-13/h3-10,12H,11H2,1-2H3,(H,23,27). The smallest absolute Gasteiger partial charge is 0.323 e. The van der Waals surface area contributed by atoms with E-state index in [-0.39, 0.29) is 23.6 Å². The summed E-state index contributed by atoms with van der Waals surface area (Å²) < 4.78 is 3.69. The first-order valence-corrected chi connectivity index (χ1v) is 8.88. The fourth-order valence-electron chi connectivity index (χ4n) is 3.12. The highest BCUT2D eigenvalue weighted by molar-refractivity contribution is 5.91. The van der Waals surface area contributed by atoms with Crippen LogP contribution in [0.25, 0.3) is 22.4 Å². The Morgan fingerprint density at radius 3 is 2.45 bits per heavy atom. The molecular formula is C20H18N6O3. The summed E-state index contributed by atoms with van der Waals surface area (Å²) in [5, 5.41) is 2.76. The molecule has 9 heteroatoms. The maximum atomic E-state index is 12.5. The number of rotatable bonds is 4. The van der Waals surface area contributed by atoms with Crippen molar-refractivity contribution in [2.75, 3.05) is 5.32 Å². The molecule has 0 fully saturated rings. The lowest BCUT2D eigenvalue weighted by molar-refractivity contribution is -0.116. The topological polar surface area (TPSA) is 104 Å². The maximum Gasteiger partial charge on any atom is 0.332 e. The number of benzene rings is 1. The van der Waals surface area contributed by atoms with Crippen LogP contribution in [-0.4, -0.2) is 29.6 Å². The number of amides is 1. The van der Waals surface area contributed by atoms with Crippen molar-refractivity contribution >= 4 is 22.8 Å². The van der Waals surface area contributed by atoms with Gasteiger partial charge >= 0.3 is 5.69 Å². The molecule has 4 aromatic rings. The molecule has 1 N–H and O–H groups in total. The lowest BCUT2D eigenvalue weighted by atomic mass is 10.1. The predicted octanol–water partition coefficient (Wildman–Crippen LogP) is 1.13. The Balaban J connectivity index is 1.55. The van der Waals surface area contributed by atoms with E-state index in [0.717, 1.165) is 15.8 Å². The van der Waals surface area contributed by atoms with Crippen molar-refractivity contribution in [1.29, 1.82) is 0 Å². The van der Waals surface area contributed by atoms with Crippen molar-refractivity contribution in [3.8, 4) is 11.3 Å². The second-order valence-electron chi connectivity index (χ2n) is 6.60. The summed E-state index contributed by atoms with van der Waals surface area (Å²) in [6.07, 6.45) is 2.96. The molecule has 0 saturated heterocycles. The third kappa shape index (κ3) is 3.33. The van der Waals surface area contributed by atoms with Crippen LogP contribution >= 0.6 is 0 Å². The Bertz CT molecular complexity index is 1320. The molecule has 9 nitrogen and oxygen atoms in total. The maximum absolute atomic E-state index is 12.5. The van der Waals surface area contributed by atoms with Crippen molar-refractivity contribution < 1.29 is 4.79 Å². The van der Waals surface area contributed by atoms with E-state index in [1.807, 2.05) is 36.4 Å². The van der Waals surface area contributed by atoms with Gasteiger partial charge in [-0.1, -0.05) is 30.3 Å². The average molecular weight is 390 g/mol. The molecule has 0 atom stereocenters. The van der Waals surface area contributed by atoms with Crippen LogP contribution in [0.5, 0.6) is 0 Å². The monoisotopic (exact) mass is 390 g/mol. The van der Waals surface area contributed by atoms with Crippen LogP contribution in [0.15, 0.2) is 64.6 Å². The third-order valence-electron chi connectivity index (χ3n) is 4.65. The first kappa shape index (κ1) is 18.4. The Hall–Kier alpha value is -4.01. The number of hydrogen-bond donors (Lipinski definition) is 1. The molecule has 0 aliphatic rings. The Morgan fingerprint density at radius 1 is 1.00 bits per heavy atom. The molecule has 29 heavy (non-hydrogen) atoms. The van der Waals surface area contributed by atoms with E-state index in [1.54, 1.807) is 12.3 Å². The first-order chi connectivity index (χ1) is 14.0. The predicted molar refractivity (Wildman–Crippen MR) is 109 cm³/mol. The first-order valence-electron chi connectivity index (χ1n) is 8.88. The summed E-state index contributed by atoms with van der Waals surface area (Å²) in [5.41, 5.74) is 1.79. The van der Waals surface area contributed by atoms with Gasteiger partial charge in [0.1, 0.15) is 6.54 Å². The van der Waals surface area contributed by atoms with E-state index in [0.29, 0.717) is 5.69 Å². The third-order valence-corrected chi connectivity index (χ3v) is 4.65. The number of nitrogens with zero attached hydrogens (tertiary/aromatic N) is 5. The van der Waals surface area contributed by atoms with Gasteiger partial charge in [0, 0.05) is 19.7 Å². The van der Waals surface area contributed by atoms with Gasteiger partial charge in [-0.15, -0.1) is 0 Å². The van der Waals surface area contributed by atoms with Gasteiger partial charge in [0.25, 0.3) is 5.56 Å². The minimum absolute atomic E-state index is 0.121. The molecule has 0 radical (unpaired) electrons. The lowest BCUT2D eigenvalue weighted by Crippen LogP contribution is -2.37. The van der Waals surface area contributed by atoms with Crippen molar-refractivity contribution in [2.24, 2.45) is 14.1 Å². The Labute approximate surface area is 164 Å². The summed E-state index contributed by atoms with van der Waals surface area (Å²) in [6.45, 7) is -0.121. The second-order valence-corrected chi connectivity index (χ2v) is 6.60. The van der Waals surface area contributed by atoms with Crippen LogP contribution in [0.3, 0.4) is 0 Å². The SMILES string of the molecule is Cn1c(=O)c2c(ncn2CC(=O)Nc2ccc(-c3ccccc3)nc2)n(C)c1=O. The second kappa shape index (κ2) is 7.19. The summed E-state index contributed by atoms with van der Waals surface area (Å²) in [7, 11) is 2.92. The van der Waals surface area contributed by atoms with Gasteiger partial charge in [-0.3, -0.25) is 23.7 Å². The number of anilines is 1. The molecule has 3 heterocycles. The number of aryl methyl sites for hydroxylation is 1. The number of aromatic nitrogens is 5. The number of nitrogens with one attached hydrogen (secondary N) is 1. The minimum atomic E-state index is -0.498. The number of carbonyl (C=O) groups is 1. The molecule has 1 aromatic carbocycles. The number of hydrogen-bond acceptors (Lipinski definition) is 5. The van der Waals surface area contributed by atoms with Crippen LogP contribution in [0, 0.1) is 0 Å². The molecule has 3 aromatic heterocycles. The van der Waals surface area contributed by atoms with Gasteiger partial charge in [0.05, 0.1) is 23.9 Å². The zero-order chi connectivity index (χ0) is 20.5. The zero-order valence-corrected chi connectivity index (χ0v) is 15.9. The molecule has 0 spiro atoms. The van der Waals surface area contributed by atoms with E-state index in [4.69, 9.17) is 0 Å². The number of pyridine rings is 1. The highest BCUT2D eigenvalue weighted by atomic mass is 16.2. The van der Waals surface area contributed by atoms with Gasteiger partial charge in [-0.2, -0.15) is 0 Å². The normalized spacial score (nSPS) is 11.0. The molecular weight excluding hydrogens is 372 g/mol. The molecule has 0 unspecified atom stereocenters. The Kier molecular flexibility index (Phi) is 4.55. The molecule has 0 saturated carbocycles. The van der Waals surface area contributed by atoms with Gasteiger partial charge in [-0.25, -0.2) is 9.78 Å². The van der Waals surface area contributed by atoms with E-state index in [1.165, 1.54) is 29.6 Å². The summed E-state index contributed by atoms with van der Waals surface area (Å²) in [6, 6.07) is 13.3. The van der Waals surface area contributed by atoms with Crippen molar-refractivity contribution in [1.82, 2.24) is 23.7 Å². The fraction of sp³-hybridized carbons (Fsp3) is 0.150. The van der Waals surface area contributed by atoms with Gasteiger partial charge in [-0.05, 0) is 12.1 Å². The van der Waals surface area contributed by atoms with Crippen LogP contribution in [-0.2, 0) is 25.4 Å². The van der Waals surface area contributed by atoms with E-state index >= 15 is 0 Å². The van der Waals surface area contributed by atoms with Crippen LogP contribution in [0.1, 0.15) is 0 Å². The zero-order valence-electron chi connectivity index (χ0n) is 15.9. The minimum Gasteiger partial charge on any atom is -0.323 e. The quantitative estimate of drug-likeness (QED) is 0.563. The summed E-state index contributed by atoms with van der Waals surface area (Å²) in [5.74, 6) is -0.338. The Morgan fingerprint density at radius 2 is 1.76 bits per heavy atom. The van der Waals surface area contributed by atoms with Crippen molar-refractivity contribution in [2.45, 2.75) is 6.54 Å². The number of imidazole rings is 1. The van der Waals surface area contributed by atoms with Gasteiger partial charge in [0.15, 0.2) is 11.2 Å². The lowest BCUT2D eigenvalue weighted by Gasteiger charge is -2.08. The van der Waals surface area contributed by atoms with Gasteiger partial charge in [0.2, 0.25) is 5.91 Å². The van der Waals surface area contributed by atoms with Crippen molar-refractivity contribution in [3.63, 3.8) is 0 Å². The van der Waals surface area contributed by atoms with E-state index < -0.39 is 11.2 Å². The van der Waals surface area contributed by atoms with Crippen LogP contribution in [0.4, 0.5) is 5.69 Å². The van der Waals surface area contributed by atoms with Gasteiger partial charge < -0.3 is 9.88 Å². The number of carbonyl (C=O) groups excluding carboxylic acids is 1. The molecule has 146 valence electrons. The van der Waals surface area contributed by atoms with Crippen molar-refractivity contribution in [3.05, 3.63) is 75.8 Å². The largest absolute Gasteiger partial charge is 0.332 e. The fourth-order valence-corrected chi connectivity index (χ4v) is 3.12. The number of fused-ring (bicyclic) bond motifs is 1. The van der Waals surface area contributed by atoms with Crippen LogP contribution < -0.4 is 16.6 Å². The summed E-state index contributed by atoms with van der Waals surface area (Å²) in [4.78, 5) is 45.4. The highest BCUT2D eigenvalue weighted by Gasteiger charge is 2.16. The van der Waals surface area contributed by atoms with E-state index in [9.17, 15) is 14.4 Å². The average Bonchev–Trinajstić information content (AvgIpc) is 3.15. The van der Waals surface area contributed by atoms with E-state index in [2.05, 4.69) is 15.3 Å². The molecule has 0 aliphatic carbocycles. The molecule has 0 aliphatic heterocycles. The molecule has 4 rings (SSSR count). The molecule has 1 amide bonds. The molecule has 0 bridgehead atoms. The van der Waals surface area contributed by atoms with Crippen LogP contribution in [0.2, 0.25) is 0 Å². The summed E-state index contributed by atoms with van der Waals surface area (Å²) >= 11 is 0.